The fraction of sp³-hybridized carbons (Fsp3) is 0.324. The highest BCUT2D eigenvalue weighted by molar-refractivity contribution is 8.00. The fourth-order valence-electron chi connectivity index (χ4n) is 5.27. The SMILES string of the molecule is Cc1ccc(COc2ccc3c(c2)c(SC(C)(C)C)c(CC(C)(C)C(=O)O)n3Cc2ccc(-c3ncccc3C(F)(F)F)cc2)nc1. The first kappa shape index (κ1) is 34.0. The number of pyridine rings is 2. The molecule has 10 heteroatoms. The topological polar surface area (TPSA) is 77.2 Å². The third-order valence-corrected chi connectivity index (χ3v) is 9.00. The minimum atomic E-state index is -4.53. The van der Waals surface area contributed by atoms with Crippen LogP contribution >= 0.6 is 11.8 Å². The Morgan fingerprint density at radius 2 is 1.68 bits per heavy atom. The zero-order chi connectivity index (χ0) is 34.1. The quantitative estimate of drug-likeness (QED) is 0.150. The van der Waals surface area contributed by atoms with Crippen molar-refractivity contribution in [2.75, 3.05) is 0 Å². The lowest BCUT2D eigenvalue weighted by Gasteiger charge is -2.24. The molecule has 0 amide bonds. The second kappa shape index (κ2) is 13.1. The van der Waals surface area contributed by atoms with Gasteiger partial charge < -0.3 is 14.4 Å². The van der Waals surface area contributed by atoms with Crippen LogP contribution in [0.2, 0.25) is 0 Å². The summed E-state index contributed by atoms with van der Waals surface area (Å²) in [5, 5.41) is 11.1. The second-order valence-electron chi connectivity index (χ2n) is 13.3. The van der Waals surface area contributed by atoms with Gasteiger partial charge in [0.1, 0.15) is 12.4 Å². The van der Waals surface area contributed by atoms with Gasteiger partial charge in [0.25, 0.3) is 0 Å². The molecule has 0 spiro atoms. The number of aliphatic carboxylic acids is 1. The molecule has 0 unspecified atom stereocenters. The molecule has 2 aromatic carbocycles. The van der Waals surface area contributed by atoms with Crippen molar-refractivity contribution in [1.82, 2.24) is 14.5 Å². The van der Waals surface area contributed by atoms with Crippen molar-refractivity contribution in [3.05, 3.63) is 107 Å². The first-order valence-electron chi connectivity index (χ1n) is 15.3. The standard InChI is InChI=1S/C37H38F3N3O3S/c1-23-9-14-26(42-20-23)22-46-27-15-16-30-28(18-27)33(47-35(2,3)4)31(19-36(5,6)34(44)45)43(30)21-24-10-12-25(13-11-24)32-29(37(38,39)40)8-7-17-41-32/h7-18,20H,19,21-22H2,1-6H3,(H,44,45). The third kappa shape index (κ3) is 7.99. The molecule has 0 atom stereocenters. The summed E-state index contributed by atoms with van der Waals surface area (Å²) in [6, 6.07) is 19.0. The lowest BCUT2D eigenvalue weighted by atomic mass is 9.88. The highest BCUT2D eigenvalue weighted by atomic mass is 32.2. The molecule has 0 bridgehead atoms. The van der Waals surface area contributed by atoms with Gasteiger partial charge in [-0.05, 0) is 68.3 Å². The molecule has 5 aromatic rings. The van der Waals surface area contributed by atoms with E-state index in [0.29, 0.717) is 24.5 Å². The van der Waals surface area contributed by atoms with Gasteiger partial charge in [-0.15, -0.1) is 11.8 Å². The van der Waals surface area contributed by atoms with Gasteiger partial charge in [0, 0.05) is 57.2 Å². The van der Waals surface area contributed by atoms with E-state index in [0.717, 1.165) is 44.4 Å². The molecular weight excluding hydrogens is 623 g/mol. The smallest absolute Gasteiger partial charge is 0.418 e. The Morgan fingerprint density at radius 1 is 0.957 bits per heavy atom. The van der Waals surface area contributed by atoms with Crippen molar-refractivity contribution in [2.45, 2.75) is 76.9 Å². The normalized spacial score (nSPS) is 12.4. The second-order valence-corrected chi connectivity index (χ2v) is 15.2. The van der Waals surface area contributed by atoms with Gasteiger partial charge in [0.15, 0.2) is 0 Å². The van der Waals surface area contributed by atoms with Crippen LogP contribution in [0.3, 0.4) is 0 Å². The van der Waals surface area contributed by atoms with Gasteiger partial charge in [-0.2, -0.15) is 13.2 Å². The molecule has 246 valence electrons. The molecule has 0 radical (unpaired) electrons. The van der Waals surface area contributed by atoms with Crippen molar-refractivity contribution in [2.24, 2.45) is 5.41 Å². The molecule has 3 aromatic heterocycles. The van der Waals surface area contributed by atoms with E-state index < -0.39 is 23.1 Å². The predicted octanol–water partition coefficient (Wildman–Crippen LogP) is 9.60. The van der Waals surface area contributed by atoms with E-state index >= 15 is 0 Å². The third-order valence-electron chi connectivity index (χ3n) is 7.73. The largest absolute Gasteiger partial charge is 0.487 e. The number of rotatable bonds is 10. The zero-order valence-electron chi connectivity index (χ0n) is 27.3. The summed E-state index contributed by atoms with van der Waals surface area (Å²) < 4.78 is 49.1. The number of alkyl halides is 3. The van der Waals surface area contributed by atoms with Gasteiger partial charge in [0.05, 0.1) is 22.4 Å². The number of thioether (sulfide) groups is 1. The Bertz CT molecular complexity index is 1890. The van der Waals surface area contributed by atoms with Gasteiger partial charge in [-0.25, -0.2) is 0 Å². The van der Waals surface area contributed by atoms with Crippen LogP contribution < -0.4 is 4.74 Å². The summed E-state index contributed by atoms with van der Waals surface area (Å²) in [5.41, 5.74) is 2.88. The molecule has 6 nitrogen and oxygen atoms in total. The minimum Gasteiger partial charge on any atom is -0.487 e. The number of hydrogen-bond acceptors (Lipinski definition) is 5. The maximum absolute atomic E-state index is 13.7. The van der Waals surface area contributed by atoms with Crippen LogP contribution in [0.25, 0.3) is 22.2 Å². The van der Waals surface area contributed by atoms with Crippen LogP contribution in [0.15, 0.2) is 84.0 Å². The number of halogens is 3. The number of aromatic nitrogens is 3. The number of aryl methyl sites for hydroxylation is 1. The molecule has 0 saturated carbocycles. The van der Waals surface area contributed by atoms with E-state index in [1.54, 1.807) is 56.1 Å². The first-order chi connectivity index (χ1) is 22.0. The number of hydrogen-bond donors (Lipinski definition) is 1. The molecule has 0 aliphatic carbocycles. The summed E-state index contributed by atoms with van der Waals surface area (Å²) in [6.45, 7) is 12.4. The van der Waals surface area contributed by atoms with Gasteiger partial charge in [0.2, 0.25) is 0 Å². The number of ether oxygens (including phenoxy) is 1. The maximum atomic E-state index is 13.7. The van der Waals surface area contributed by atoms with Crippen molar-refractivity contribution in [1.29, 1.82) is 0 Å². The van der Waals surface area contributed by atoms with E-state index in [1.165, 1.54) is 12.3 Å². The van der Waals surface area contributed by atoms with Crippen LogP contribution in [0.5, 0.6) is 5.75 Å². The number of carboxylic acid groups (broad SMARTS) is 1. The average Bonchev–Trinajstić information content (AvgIpc) is 3.26. The Labute approximate surface area is 277 Å². The Hall–Kier alpha value is -4.31. The van der Waals surface area contributed by atoms with E-state index in [1.807, 2.05) is 37.3 Å². The molecule has 5 rings (SSSR count). The van der Waals surface area contributed by atoms with Gasteiger partial charge in [-0.3, -0.25) is 14.8 Å². The summed E-state index contributed by atoms with van der Waals surface area (Å²) in [5.74, 6) is -0.243. The number of fused-ring (bicyclic) bond motifs is 1. The molecule has 0 aliphatic rings. The van der Waals surface area contributed by atoms with Crippen LogP contribution in [-0.2, 0) is 30.5 Å². The monoisotopic (exact) mass is 661 g/mol. The Balaban J connectivity index is 1.59. The zero-order valence-corrected chi connectivity index (χ0v) is 28.1. The molecule has 0 aliphatic heterocycles. The number of carboxylic acids is 1. The van der Waals surface area contributed by atoms with E-state index in [4.69, 9.17) is 4.74 Å². The fourth-order valence-corrected chi connectivity index (χ4v) is 6.46. The van der Waals surface area contributed by atoms with E-state index in [2.05, 4.69) is 35.3 Å². The molecular formula is C37H38F3N3O3S. The minimum absolute atomic E-state index is 0.126. The number of benzene rings is 2. The van der Waals surface area contributed by atoms with Gasteiger partial charge >= 0.3 is 12.1 Å². The van der Waals surface area contributed by atoms with Crippen LogP contribution in [-0.4, -0.2) is 30.4 Å². The maximum Gasteiger partial charge on any atom is 0.418 e. The van der Waals surface area contributed by atoms with E-state index in [9.17, 15) is 23.1 Å². The van der Waals surface area contributed by atoms with Gasteiger partial charge in [-0.1, -0.05) is 51.1 Å². The summed E-state index contributed by atoms with van der Waals surface area (Å²) >= 11 is 1.67. The van der Waals surface area contributed by atoms with Crippen molar-refractivity contribution in [3.63, 3.8) is 0 Å². The lowest BCUT2D eigenvalue weighted by Crippen LogP contribution is -2.28. The van der Waals surface area contributed by atoms with E-state index in [-0.39, 0.29) is 16.9 Å². The molecule has 3 heterocycles. The number of carbonyl (C=O) groups is 1. The number of nitrogens with zero attached hydrogens (tertiary/aromatic N) is 3. The molecule has 0 saturated heterocycles. The summed E-state index contributed by atoms with van der Waals surface area (Å²) in [7, 11) is 0. The first-order valence-corrected chi connectivity index (χ1v) is 16.1. The highest BCUT2D eigenvalue weighted by Gasteiger charge is 2.35. The van der Waals surface area contributed by atoms with Crippen molar-refractivity contribution < 1.29 is 27.8 Å². The molecule has 1 N–H and O–H groups in total. The van der Waals surface area contributed by atoms with Crippen LogP contribution in [0.1, 0.15) is 62.7 Å². The molecule has 47 heavy (non-hydrogen) atoms. The summed E-state index contributed by atoms with van der Waals surface area (Å²) in [6.07, 6.45) is -1.11. The Morgan fingerprint density at radius 3 is 2.30 bits per heavy atom. The highest BCUT2D eigenvalue weighted by Crippen LogP contribution is 2.44. The molecule has 0 fully saturated rings. The predicted molar refractivity (Wildman–Crippen MR) is 180 cm³/mol. The van der Waals surface area contributed by atoms with Crippen LogP contribution in [0.4, 0.5) is 13.2 Å². The van der Waals surface area contributed by atoms with Crippen molar-refractivity contribution in [3.8, 4) is 17.0 Å². The van der Waals surface area contributed by atoms with Crippen LogP contribution in [0, 0.1) is 12.3 Å². The lowest BCUT2D eigenvalue weighted by molar-refractivity contribution is -0.147. The Kier molecular flexibility index (Phi) is 9.46. The average molecular weight is 662 g/mol. The summed E-state index contributed by atoms with van der Waals surface area (Å²) in [4.78, 5) is 21.8. The van der Waals surface area contributed by atoms with Crippen molar-refractivity contribution >= 4 is 28.6 Å².